The third kappa shape index (κ3) is 8.73. The fourth-order valence-corrected chi connectivity index (χ4v) is 1.29. The monoisotopic (exact) mass is 284 g/mol. The van der Waals surface area contributed by atoms with Gasteiger partial charge in [0.15, 0.2) is 0 Å². The fourth-order valence-electron chi connectivity index (χ4n) is 1.29. The first-order chi connectivity index (χ1) is 8.82. The molecule has 116 valence electrons. The van der Waals surface area contributed by atoms with Crippen molar-refractivity contribution < 1.29 is 19.1 Å². The van der Waals surface area contributed by atoms with Crippen LogP contribution in [0, 0.1) is 5.92 Å². The second-order valence-electron chi connectivity index (χ2n) is 7.06. The molecule has 20 heavy (non-hydrogen) atoms. The molecule has 1 unspecified atom stereocenters. The highest BCUT2D eigenvalue weighted by Crippen LogP contribution is 2.16. The summed E-state index contributed by atoms with van der Waals surface area (Å²) in [5.74, 6) is -0.897. The van der Waals surface area contributed by atoms with Gasteiger partial charge in [-0.05, 0) is 54.9 Å². The van der Waals surface area contributed by atoms with E-state index in [1.165, 1.54) is 0 Å². The minimum atomic E-state index is -0.511. The van der Waals surface area contributed by atoms with Crippen LogP contribution in [0.25, 0.3) is 0 Å². The minimum absolute atomic E-state index is 0.259. The molecule has 1 atom stereocenters. The zero-order chi connectivity index (χ0) is 16.1. The Morgan fingerprint density at radius 3 is 1.85 bits per heavy atom. The van der Waals surface area contributed by atoms with E-state index in [9.17, 15) is 9.59 Å². The van der Waals surface area contributed by atoms with Crippen molar-refractivity contribution in [3.63, 3.8) is 0 Å². The van der Waals surface area contributed by atoms with Crippen LogP contribution in [0.3, 0.4) is 0 Å². The molecule has 0 bridgehead atoms. The predicted molar refractivity (Wildman–Crippen MR) is 79.2 cm³/mol. The number of hydrogen-bond donors (Lipinski definition) is 0. The molecule has 0 aromatic rings. The van der Waals surface area contributed by atoms with Crippen LogP contribution in [0.15, 0.2) is 11.6 Å². The summed E-state index contributed by atoms with van der Waals surface area (Å²) in [7, 11) is 0. The zero-order valence-corrected chi connectivity index (χ0v) is 14.0. The highest BCUT2D eigenvalue weighted by molar-refractivity contribution is 5.88. The van der Waals surface area contributed by atoms with E-state index >= 15 is 0 Å². The second-order valence-corrected chi connectivity index (χ2v) is 7.06. The van der Waals surface area contributed by atoms with Gasteiger partial charge in [-0.2, -0.15) is 0 Å². The Labute approximate surface area is 122 Å². The maximum absolute atomic E-state index is 11.8. The van der Waals surface area contributed by atoms with Gasteiger partial charge < -0.3 is 9.47 Å². The SMILES string of the molecule is C/C(=C\CC(C)C(=O)OC(C)(C)C)C(=O)OC(C)(C)C. The molecule has 0 N–H and O–H groups in total. The lowest BCUT2D eigenvalue weighted by Gasteiger charge is -2.22. The molecule has 0 aliphatic heterocycles. The number of ether oxygens (including phenoxy) is 2. The summed E-state index contributed by atoms with van der Waals surface area (Å²) in [6, 6.07) is 0. The molecular formula is C16H28O4. The maximum Gasteiger partial charge on any atom is 0.333 e. The molecule has 0 spiro atoms. The highest BCUT2D eigenvalue weighted by Gasteiger charge is 2.22. The van der Waals surface area contributed by atoms with Crippen LogP contribution in [-0.2, 0) is 19.1 Å². The van der Waals surface area contributed by atoms with E-state index in [-0.39, 0.29) is 17.9 Å². The van der Waals surface area contributed by atoms with Crippen molar-refractivity contribution in [3.05, 3.63) is 11.6 Å². The lowest BCUT2D eigenvalue weighted by Crippen LogP contribution is -2.27. The molecule has 0 rings (SSSR count). The van der Waals surface area contributed by atoms with Crippen molar-refractivity contribution in [2.24, 2.45) is 5.92 Å². The van der Waals surface area contributed by atoms with Gasteiger partial charge in [0, 0.05) is 5.57 Å². The van der Waals surface area contributed by atoms with Crippen molar-refractivity contribution in [1.82, 2.24) is 0 Å². The number of hydrogen-bond acceptors (Lipinski definition) is 4. The fraction of sp³-hybridized carbons (Fsp3) is 0.750. The number of rotatable bonds is 4. The van der Waals surface area contributed by atoms with E-state index in [1.807, 2.05) is 41.5 Å². The van der Waals surface area contributed by atoms with Gasteiger partial charge >= 0.3 is 11.9 Å². The Morgan fingerprint density at radius 1 is 1.00 bits per heavy atom. The molecule has 0 amide bonds. The van der Waals surface area contributed by atoms with Gasteiger partial charge in [-0.25, -0.2) is 4.79 Å². The van der Waals surface area contributed by atoms with Gasteiger partial charge in [-0.15, -0.1) is 0 Å². The van der Waals surface area contributed by atoms with Gasteiger partial charge in [0.2, 0.25) is 0 Å². The van der Waals surface area contributed by atoms with Crippen molar-refractivity contribution in [1.29, 1.82) is 0 Å². The van der Waals surface area contributed by atoms with Crippen LogP contribution in [-0.4, -0.2) is 23.1 Å². The summed E-state index contributed by atoms with van der Waals surface area (Å²) in [5.41, 5.74) is -0.492. The molecule has 0 aromatic heterocycles. The van der Waals surface area contributed by atoms with Gasteiger partial charge in [-0.1, -0.05) is 13.0 Å². The molecule has 0 saturated carbocycles. The number of esters is 2. The van der Waals surface area contributed by atoms with E-state index in [2.05, 4.69) is 0 Å². The Kier molecular flexibility index (Phi) is 6.45. The lowest BCUT2D eigenvalue weighted by molar-refractivity contribution is -0.159. The highest BCUT2D eigenvalue weighted by atomic mass is 16.6. The van der Waals surface area contributed by atoms with Gasteiger partial charge in [0.05, 0.1) is 5.92 Å². The van der Waals surface area contributed by atoms with Crippen molar-refractivity contribution in [2.45, 2.75) is 73.0 Å². The van der Waals surface area contributed by atoms with Gasteiger partial charge in [-0.3, -0.25) is 4.79 Å². The maximum atomic E-state index is 11.8. The van der Waals surface area contributed by atoms with Crippen molar-refractivity contribution in [2.75, 3.05) is 0 Å². The summed E-state index contributed by atoms with van der Waals surface area (Å²) in [6.45, 7) is 14.4. The van der Waals surface area contributed by atoms with E-state index in [1.54, 1.807) is 19.9 Å². The van der Waals surface area contributed by atoms with Gasteiger partial charge in [0.1, 0.15) is 11.2 Å². The summed E-state index contributed by atoms with van der Waals surface area (Å²) in [6.07, 6.45) is 2.18. The Morgan fingerprint density at radius 2 is 1.45 bits per heavy atom. The first-order valence-corrected chi connectivity index (χ1v) is 6.95. The standard InChI is InChI=1S/C16H28O4/c1-11(13(17)19-15(3,4)5)9-10-12(2)14(18)20-16(6,7)8/h9,12H,10H2,1-8H3/b11-9+. The first-order valence-electron chi connectivity index (χ1n) is 6.95. The van der Waals surface area contributed by atoms with Crippen LogP contribution in [0.5, 0.6) is 0 Å². The van der Waals surface area contributed by atoms with Crippen LogP contribution < -0.4 is 0 Å². The molecule has 4 heteroatoms. The van der Waals surface area contributed by atoms with E-state index in [4.69, 9.17) is 9.47 Å². The molecule has 0 aliphatic rings. The van der Waals surface area contributed by atoms with Gasteiger partial charge in [0.25, 0.3) is 0 Å². The molecule has 0 aliphatic carbocycles. The molecule has 0 heterocycles. The number of allylic oxidation sites excluding steroid dienone is 1. The molecule has 0 radical (unpaired) electrons. The van der Waals surface area contributed by atoms with Crippen LogP contribution >= 0.6 is 0 Å². The average Bonchev–Trinajstić information content (AvgIpc) is 2.20. The predicted octanol–water partition coefficient (Wildman–Crippen LogP) is 3.64. The minimum Gasteiger partial charge on any atom is -0.460 e. The quantitative estimate of drug-likeness (QED) is 0.584. The number of carbonyl (C=O) groups is 2. The lowest BCUT2D eigenvalue weighted by atomic mass is 10.1. The largest absolute Gasteiger partial charge is 0.460 e. The number of carbonyl (C=O) groups excluding carboxylic acids is 2. The van der Waals surface area contributed by atoms with E-state index < -0.39 is 11.2 Å². The molecule has 4 nitrogen and oxygen atoms in total. The Bertz CT molecular complexity index is 380. The molecule has 0 fully saturated rings. The van der Waals surface area contributed by atoms with Crippen LogP contribution in [0.2, 0.25) is 0 Å². The third-order valence-corrected chi connectivity index (χ3v) is 2.31. The summed E-state index contributed by atoms with van der Waals surface area (Å²) in [5, 5.41) is 0. The Hall–Kier alpha value is -1.32. The normalized spacial score (nSPS) is 14.7. The first kappa shape index (κ1) is 18.7. The third-order valence-electron chi connectivity index (χ3n) is 2.31. The van der Waals surface area contributed by atoms with Crippen molar-refractivity contribution in [3.8, 4) is 0 Å². The molecular weight excluding hydrogens is 256 g/mol. The van der Waals surface area contributed by atoms with Crippen LogP contribution in [0.4, 0.5) is 0 Å². The topological polar surface area (TPSA) is 52.6 Å². The molecule has 0 aromatic carbocycles. The summed E-state index contributed by atoms with van der Waals surface area (Å²) in [4.78, 5) is 23.6. The second kappa shape index (κ2) is 6.91. The average molecular weight is 284 g/mol. The molecule has 0 saturated heterocycles. The van der Waals surface area contributed by atoms with E-state index in [0.29, 0.717) is 12.0 Å². The summed E-state index contributed by atoms with van der Waals surface area (Å²) < 4.78 is 10.5. The van der Waals surface area contributed by atoms with Crippen molar-refractivity contribution >= 4 is 11.9 Å². The van der Waals surface area contributed by atoms with E-state index in [0.717, 1.165) is 0 Å². The smallest absolute Gasteiger partial charge is 0.333 e. The summed E-state index contributed by atoms with van der Waals surface area (Å²) >= 11 is 0. The Balaban J connectivity index is 4.47. The van der Waals surface area contributed by atoms with Crippen LogP contribution in [0.1, 0.15) is 61.8 Å². The zero-order valence-electron chi connectivity index (χ0n) is 14.0.